The summed E-state index contributed by atoms with van der Waals surface area (Å²) in [6.07, 6.45) is -12.8. The van der Waals surface area contributed by atoms with Gasteiger partial charge in [0, 0.05) is 0 Å². The van der Waals surface area contributed by atoms with Crippen LogP contribution in [0.25, 0.3) is 0 Å². The molecule has 0 aromatic carbocycles. The monoisotopic (exact) mass is 308 g/mol. The molecule has 0 unspecified atom stereocenters. The molecule has 0 rings (SSSR count). The molecule has 0 aliphatic heterocycles. The third-order valence-electron chi connectivity index (χ3n) is 1.95. The summed E-state index contributed by atoms with van der Waals surface area (Å²) in [5, 5.41) is 0. The molecule has 11 heteroatoms. The molecule has 0 amide bonds. The van der Waals surface area contributed by atoms with Crippen LogP contribution in [0.15, 0.2) is 0 Å². The van der Waals surface area contributed by atoms with Crippen LogP contribution in [0, 0.1) is 0 Å². The Kier molecular flexibility index (Phi) is 7.71. The summed E-state index contributed by atoms with van der Waals surface area (Å²) < 4.78 is 88.1. The smallest absolute Gasteiger partial charge is 0.859 e. The van der Waals surface area contributed by atoms with Crippen LogP contribution in [0.4, 0.5) is 30.7 Å². The largest absolute Gasteiger partial charge is 1.00 e. The Labute approximate surface area is 118 Å². The minimum Gasteiger partial charge on any atom is -0.859 e. The fourth-order valence-electron chi connectivity index (χ4n) is 1.04. The van der Waals surface area contributed by atoms with Gasteiger partial charge in [-0.1, -0.05) is 27.5 Å². The minimum atomic E-state index is -6.21. The van der Waals surface area contributed by atoms with Crippen molar-refractivity contribution in [3.05, 3.63) is 0 Å². The Morgan fingerprint density at radius 1 is 0.947 bits per heavy atom. The van der Waals surface area contributed by atoms with Crippen LogP contribution in [0.5, 0.6) is 0 Å². The van der Waals surface area contributed by atoms with E-state index in [1.165, 1.54) is 13.1 Å². The topological polar surface area (TPSA) is 32.3 Å². The van der Waals surface area contributed by atoms with E-state index in [9.17, 15) is 35.5 Å². The van der Waals surface area contributed by atoms with Gasteiger partial charge in [-0.15, -0.1) is 0 Å². The quantitative estimate of drug-likeness (QED) is 0.399. The molecular formula is C8H12F7LiO2Si. The van der Waals surface area contributed by atoms with Crippen molar-refractivity contribution >= 4 is 8.32 Å². The third-order valence-corrected chi connectivity index (χ3v) is 3.51. The van der Waals surface area contributed by atoms with Crippen molar-refractivity contribution in [3.8, 4) is 0 Å². The van der Waals surface area contributed by atoms with Gasteiger partial charge >= 0.3 is 37.1 Å². The maximum absolute atomic E-state index is 12.9. The molecule has 110 valence electrons. The third kappa shape index (κ3) is 6.49. The zero-order valence-electron chi connectivity index (χ0n) is 10.6. The molecule has 0 bridgehead atoms. The molecule has 0 N–H and O–H groups in total. The van der Waals surface area contributed by atoms with Crippen molar-refractivity contribution < 1.29 is 59.1 Å². The molecule has 0 atom stereocenters. The maximum Gasteiger partial charge on any atom is 1.00 e. The second kappa shape index (κ2) is 6.80. The normalized spacial score (nSPS) is 14.2. The summed E-state index contributed by atoms with van der Waals surface area (Å²) in [5.41, 5.74) is 0. The van der Waals surface area contributed by atoms with Gasteiger partial charge in [0.15, 0.2) is 0 Å². The van der Waals surface area contributed by atoms with Gasteiger partial charge in [-0.3, -0.25) is 0 Å². The molecule has 0 fully saturated rings. The zero-order chi connectivity index (χ0) is 14.8. The molecule has 0 aliphatic carbocycles. The molecule has 0 spiro atoms. The van der Waals surface area contributed by atoms with E-state index < -0.39 is 33.1 Å². The average molecular weight is 308 g/mol. The standard InChI is InChI=1S/C8H12F7O2Si.Li/c1-18(2,16)5-3-4-17-6(9,7(10,11)12)8(13,14)15;/h3-5H2,1-2H3;/q-1;+1. The van der Waals surface area contributed by atoms with Crippen LogP contribution in [0.3, 0.4) is 0 Å². The Bertz CT molecular complexity index is 260. The molecule has 0 aromatic heterocycles. The Morgan fingerprint density at radius 2 is 1.32 bits per heavy atom. The molecule has 0 saturated heterocycles. The van der Waals surface area contributed by atoms with Gasteiger partial charge in [-0.2, -0.15) is 30.7 Å². The van der Waals surface area contributed by atoms with E-state index in [2.05, 4.69) is 4.74 Å². The molecule has 0 heterocycles. The van der Waals surface area contributed by atoms with Gasteiger partial charge in [0.2, 0.25) is 0 Å². The molecular weight excluding hydrogens is 296 g/mol. The molecule has 0 aromatic rings. The summed E-state index contributed by atoms with van der Waals surface area (Å²) in [6, 6.07) is -0.0984. The fourth-order valence-corrected chi connectivity index (χ4v) is 2.03. The van der Waals surface area contributed by atoms with E-state index in [0.717, 1.165) is 0 Å². The Morgan fingerprint density at radius 3 is 1.58 bits per heavy atom. The van der Waals surface area contributed by atoms with Gasteiger partial charge in [0.1, 0.15) is 0 Å². The molecule has 2 nitrogen and oxygen atoms in total. The zero-order valence-corrected chi connectivity index (χ0v) is 11.6. The van der Waals surface area contributed by atoms with E-state index in [1.807, 2.05) is 0 Å². The van der Waals surface area contributed by atoms with Crippen LogP contribution in [-0.2, 0) is 4.74 Å². The second-order valence-corrected chi connectivity index (χ2v) is 8.32. The maximum atomic E-state index is 12.9. The van der Waals surface area contributed by atoms with Crippen molar-refractivity contribution in [1.29, 1.82) is 0 Å². The van der Waals surface area contributed by atoms with Gasteiger partial charge in [0.05, 0.1) is 6.61 Å². The first-order valence-corrected chi connectivity index (χ1v) is 7.99. The Hall–Kier alpha value is 0.244. The van der Waals surface area contributed by atoms with Gasteiger partial charge in [-0.05, 0) is 6.42 Å². The van der Waals surface area contributed by atoms with Crippen LogP contribution in [-0.4, -0.2) is 33.1 Å². The number of hydrogen-bond acceptors (Lipinski definition) is 2. The number of alkyl halides is 7. The molecule has 0 saturated carbocycles. The SMILES string of the molecule is C[Si](C)([O-])CCCOC(F)(C(F)(F)F)C(F)(F)F.[Li+]. The summed E-state index contributed by atoms with van der Waals surface area (Å²) in [6.45, 7) is 1.56. The van der Waals surface area contributed by atoms with Crippen LogP contribution < -0.4 is 23.7 Å². The average Bonchev–Trinajstić information content (AvgIpc) is 2.06. The minimum absolute atomic E-state index is 0. The predicted molar refractivity (Wildman–Crippen MR) is 48.8 cm³/mol. The van der Waals surface area contributed by atoms with Crippen molar-refractivity contribution in [1.82, 2.24) is 0 Å². The van der Waals surface area contributed by atoms with Crippen molar-refractivity contribution in [2.45, 2.75) is 43.8 Å². The van der Waals surface area contributed by atoms with Crippen molar-refractivity contribution in [3.63, 3.8) is 0 Å². The van der Waals surface area contributed by atoms with Gasteiger partial charge in [-0.25, -0.2) is 0 Å². The number of ether oxygens (including phenoxy) is 1. The summed E-state index contributed by atoms with van der Waals surface area (Å²) in [7, 11) is -2.86. The van der Waals surface area contributed by atoms with Gasteiger partial charge in [0.25, 0.3) is 0 Å². The van der Waals surface area contributed by atoms with Crippen LogP contribution in [0.2, 0.25) is 19.1 Å². The van der Waals surface area contributed by atoms with E-state index >= 15 is 0 Å². The van der Waals surface area contributed by atoms with Crippen molar-refractivity contribution in [2.24, 2.45) is 0 Å². The molecule has 0 aliphatic rings. The predicted octanol–water partition coefficient (Wildman–Crippen LogP) is -0.247. The van der Waals surface area contributed by atoms with E-state index in [1.54, 1.807) is 0 Å². The summed E-state index contributed by atoms with van der Waals surface area (Å²) in [4.78, 5) is 11.2. The number of rotatable bonds is 5. The summed E-state index contributed by atoms with van der Waals surface area (Å²) >= 11 is 0. The van der Waals surface area contributed by atoms with Crippen molar-refractivity contribution in [2.75, 3.05) is 6.61 Å². The van der Waals surface area contributed by atoms with E-state index in [-0.39, 0.29) is 31.3 Å². The Balaban J connectivity index is 0. The number of hydrogen-bond donors (Lipinski definition) is 0. The summed E-state index contributed by atoms with van der Waals surface area (Å²) in [5.74, 6) is -5.69. The second-order valence-electron chi connectivity index (χ2n) is 4.30. The van der Waals surface area contributed by atoms with Crippen LogP contribution >= 0.6 is 0 Å². The number of halogens is 7. The molecule has 19 heavy (non-hydrogen) atoms. The molecule has 0 radical (unpaired) electrons. The first-order chi connectivity index (χ1) is 7.71. The van der Waals surface area contributed by atoms with Crippen LogP contribution in [0.1, 0.15) is 6.42 Å². The van der Waals surface area contributed by atoms with Gasteiger partial charge < -0.3 is 9.53 Å². The van der Waals surface area contributed by atoms with E-state index in [4.69, 9.17) is 0 Å². The van der Waals surface area contributed by atoms with E-state index in [0.29, 0.717) is 0 Å². The first kappa shape index (κ1) is 21.5. The fraction of sp³-hybridized carbons (Fsp3) is 1.00. The first-order valence-electron chi connectivity index (χ1n) is 4.87.